The predicted molar refractivity (Wildman–Crippen MR) is 104 cm³/mol. The van der Waals surface area contributed by atoms with E-state index in [2.05, 4.69) is 20.5 Å². The van der Waals surface area contributed by atoms with E-state index in [0.29, 0.717) is 17.5 Å². The highest BCUT2D eigenvalue weighted by atomic mass is 32.2. The molecule has 0 aliphatic heterocycles. The average Bonchev–Trinajstić information content (AvgIpc) is 3.20. The minimum atomic E-state index is -0.357. The molecule has 1 amide bonds. The van der Waals surface area contributed by atoms with Crippen molar-refractivity contribution in [3.8, 4) is 0 Å². The molecular weight excluding hydrogens is 368 g/mol. The van der Waals surface area contributed by atoms with Crippen LogP contribution in [0.25, 0.3) is 0 Å². The Bertz CT molecular complexity index is 920. The van der Waals surface area contributed by atoms with Crippen LogP contribution in [0.15, 0.2) is 33.2 Å². The van der Waals surface area contributed by atoms with Gasteiger partial charge in [0.25, 0.3) is 5.22 Å². The number of thioether (sulfide) groups is 1. The highest BCUT2D eigenvalue weighted by Crippen LogP contribution is 2.25. The fourth-order valence-corrected chi connectivity index (χ4v) is 3.62. The molecule has 2 aromatic heterocycles. The summed E-state index contributed by atoms with van der Waals surface area (Å²) in [6.07, 6.45) is 0.501. The maximum absolute atomic E-state index is 12.5. The zero-order valence-corrected chi connectivity index (χ0v) is 16.7. The lowest BCUT2D eigenvalue weighted by molar-refractivity contribution is -0.115. The van der Waals surface area contributed by atoms with E-state index in [1.165, 1.54) is 11.8 Å². The number of carbonyl (C=O) groups is 1. The molecule has 0 fully saturated rings. The first-order valence-electron chi connectivity index (χ1n) is 8.19. The zero-order chi connectivity index (χ0) is 18.7. The van der Waals surface area contributed by atoms with E-state index in [4.69, 9.17) is 4.42 Å². The summed E-state index contributed by atoms with van der Waals surface area (Å²) in [4.78, 5) is 16.8. The normalized spacial score (nSPS) is 12.2. The van der Waals surface area contributed by atoms with Crippen LogP contribution in [-0.4, -0.2) is 26.3 Å². The molecule has 26 heavy (non-hydrogen) atoms. The number of hydrogen-bond donors (Lipinski definition) is 1. The Morgan fingerprint density at radius 1 is 1.31 bits per heavy atom. The number of benzene rings is 1. The van der Waals surface area contributed by atoms with Gasteiger partial charge in [0.2, 0.25) is 11.8 Å². The Morgan fingerprint density at radius 3 is 2.85 bits per heavy atom. The van der Waals surface area contributed by atoms with Crippen LogP contribution in [0.2, 0.25) is 0 Å². The van der Waals surface area contributed by atoms with E-state index < -0.39 is 0 Å². The van der Waals surface area contributed by atoms with Gasteiger partial charge in [0.15, 0.2) is 0 Å². The van der Waals surface area contributed by atoms with E-state index in [0.717, 1.165) is 27.5 Å². The van der Waals surface area contributed by atoms with Crippen LogP contribution in [0, 0.1) is 20.8 Å². The van der Waals surface area contributed by atoms with Crippen molar-refractivity contribution in [1.82, 2.24) is 15.2 Å². The summed E-state index contributed by atoms with van der Waals surface area (Å²) in [5, 5.41) is 14.0. The lowest BCUT2D eigenvalue weighted by Gasteiger charge is -2.12. The van der Waals surface area contributed by atoms with E-state index in [9.17, 15) is 4.79 Å². The summed E-state index contributed by atoms with van der Waals surface area (Å²) >= 11 is 2.84. The molecule has 1 aromatic carbocycles. The van der Waals surface area contributed by atoms with E-state index in [-0.39, 0.29) is 11.2 Å². The van der Waals surface area contributed by atoms with Crippen LogP contribution in [0.1, 0.15) is 34.6 Å². The van der Waals surface area contributed by atoms with Gasteiger partial charge in [0.1, 0.15) is 0 Å². The highest BCUT2D eigenvalue weighted by molar-refractivity contribution is 8.00. The zero-order valence-electron chi connectivity index (χ0n) is 15.1. The van der Waals surface area contributed by atoms with Gasteiger partial charge in [-0.25, -0.2) is 4.98 Å². The fourth-order valence-electron chi connectivity index (χ4n) is 2.31. The second-order valence-electron chi connectivity index (χ2n) is 6.06. The monoisotopic (exact) mass is 388 g/mol. The second-order valence-corrected chi connectivity index (χ2v) is 8.42. The molecule has 6 nitrogen and oxygen atoms in total. The first-order valence-corrected chi connectivity index (χ1v) is 9.95. The van der Waals surface area contributed by atoms with Gasteiger partial charge < -0.3 is 9.73 Å². The molecule has 0 saturated heterocycles. The molecule has 3 rings (SSSR count). The SMILES string of the molecule is Cc1ccc(C)c(NC(=O)[C@@H](C)Sc2nnc(Cc3csc(C)n3)o2)c1. The minimum absolute atomic E-state index is 0.0985. The molecular formula is C18H20N4O2S2. The van der Waals surface area contributed by atoms with E-state index in [1.807, 2.05) is 51.3 Å². The molecule has 2 heterocycles. The number of aromatic nitrogens is 3. The third-order valence-electron chi connectivity index (χ3n) is 3.74. The second kappa shape index (κ2) is 8.01. The summed E-state index contributed by atoms with van der Waals surface area (Å²) < 4.78 is 5.64. The molecule has 0 aliphatic carbocycles. The van der Waals surface area contributed by atoms with Crippen molar-refractivity contribution in [1.29, 1.82) is 0 Å². The predicted octanol–water partition coefficient (Wildman–Crippen LogP) is 4.16. The summed E-state index contributed by atoms with van der Waals surface area (Å²) in [5.74, 6) is 0.401. The molecule has 0 unspecified atom stereocenters. The Kier molecular flexibility index (Phi) is 5.73. The first-order chi connectivity index (χ1) is 12.4. The summed E-state index contributed by atoms with van der Waals surface area (Å²) in [6, 6.07) is 5.98. The Hall–Kier alpha value is -2.19. The maximum atomic E-state index is 12.5. The molecule has 0 saturated carbocycles. The average molecular weight is 389 g/mol. The first kappa shape index (κ1) is 18.6. The van der Waals surface area contributed by atoms with Crippen molar-refractivity contribution in [2.75, 3.05) is 5.32 Å². The quantitative estimate of drug-likeness (QED) is 0.639. The van der Waals surface area contributed by atoms with Gasteiger partial charge in [-0.2, -0.15) is 0 Å². The summed E-state index contributed by atoms with van der Waals surface area (Å²) in [7, 11) is 0. The third-order valence-corrected chi connectivity index (χ3v) is 5.50. The lowest BCUT2D eigenvalue weighted by Crippen LogP contribution is -2.22. The maximum Gasteiger partial charge on any atom is 0.277 e. The number of amides is 1. The molecule has 1 atom stereocenters. The van der Waals surface area contributed by atoms with Crippen molar-refractivity contribution in [3.63, 3.8) is 0 Å². The Morgan fingerprint density at radius 2 is 2.12 bits per heavy atom. The van der Waals surface area contributed by atoms with Gasteiger partial charge in [0.05, 0.1) is 22.4 Å². The fraction of sp³-hybridized carbons (Fsp3) is 0.333. The molecule has 1 N–H and O–H groups in total. The summed E-state index contributed by atoms with van der Waals surface area (Å²) in [5.41, 5.74) is 3.87. The van der Waals surface area contributed by atoms with Crippen molar-refractivity contribution in [2.24, 2.45) is 0 Å². The van der Waals surface area contributed by atoms with E-state index >= 15 is 0 Å². The largest absolute Gasteiger partial charge is 0.416 e. The van der Waals surface area contributed by atoms with Gasteiger partial charge in [-0.15, -0.1) is 21.5 Å². The van der Waals surface area contributed by atoms with Crippen LogP contribution in [0.3, 0.4) is 0 Å². The van der Waals surface area contributed by atoms with Gasteiger partial charge in [-0.05, 0) is 44.9 Å². The minimum Gasteiger partial charge on any atom is -0.416 e. The van der Waals surface area contributed by atoms with Crippen molar-refractivity contribution in [3.05, 3.63) is 51.3 Å². The standard InChI is InChI=1S/C18H20N4O2S2/c1-10-5-6-11(2)15(7-10)20-17(23)12(3)26-18-22-21-16(24-18)8-14-9-25-13(4)19-14/h5-7,9,12H,8H2,1-4H3,(H,20,23)/t12-/m1/s1. The number of carbonyl (C=O) groups excluding carboxylic acids is 1. The number of nitrogens with zero attached hydrogens (tertiary/aromatic N) is 3. The van der Waals surface area contributed by atoms with Crippen LogP contribution in [-0.2, 0) is 11.2 Å². The van der Waals surface area contributed by atoms with Crippen molar-refractivity contribution < 1.29 is 9.21 Å². The third kappa shape index (κ3) is 4.70. The van der Waals surface area contributed by atoms with Crippen LogP contribution in [0.4, 0.5) is 5.69 Å². The van der Waals surface area contributed by atoms with E-state index in [1.54, 1.807) is 11.3 Å². The topological polar surface area (TPSA) is 80.9 Å². The molecule has 8 heteroatoms. The van der Waals surface area contributed by atoms with Crippen molar-refractivity contribution >= 4 is 34.7 Å². The Labute approximate surface area is 160 Å². The van der Waals surface area contributed by atoms with Gasteiger partial charge in [-0.1, -0.05) is 23.9 Å². The molecule has 3 aromatic rings. The van der Waals surface area contributed by atoms with Crippen LogP contribution in [0.5, 0.6) is 0 Å². The number of thiazole rings is 1. The number of anilines is 1. The molecule has 0 bridgehead atoms. The lowest BCUT2D eigenvalue weighted by atomic mass is 10.1. The van der Waals surface area contributed by atoms with Crippen molar-refractivity contribution in [2.45, 2.75) is 44.6 Å². The van der Waals surface area contributed by atoms with Crippen LogP contribution < -0.4 is 5.32 Å². The Balaban J connectivity index is 1.59. The van der Waals surface area contributed by atoms with Gasteiger partial charge >= 0.3 is 0 Å². The number of hydrogen-bond acceptors (Lipinski definition) is 7. The number of rotatable bonds is 6. The number of aryl methyl sites for hydroxylation is 3. The smallest absolute Gasteiger partial charge is 0.277 e. The molecule has 136 valence electrons. The summed E-state index contributed by atoms with van der Waals surface area (Å²) in [6.45, 7) is 7.74. The molecule has 0 spiro atoms. The highest BCUT2D eigenvalue weighted by Gasteiger charge is 2.19. The molecule has 0 aliphatic rings. The van der Waals surface area contributed by atoms with Gasteiger partial charge in [-0.3, -0.25) is 4.79 Å². The van der Waals surface area contributed by atoms with Gasteiger partial charge in [0, 0.05) is 11.1 Å². The molecule has 0 radical (unpaired) electrons. The van der Waals surface area contributed by atoms with Crippen LogP contribution >= 0.6 is 23.1 Å². The number of nitrogens with one attached hydrogen (secondary N) is 1.